The molecule has 7 heavy (non-hydrogen) atoms. The molecule has 0 aromatic heterocycles. The van der Waals surface area contributed by atoms with E-state index in [1.54, 1.807) is 6.08 Å². The van der Waals surface area contributed by atoms with Gasteiger partial charge in [-0.3, -0.25) is 0 Å². The van der Waals surface area contributed by atoms with E-state index in [2.05, 4.69) is 6.58 Å². The van der Waals surface area contributed by atoms with E-state index in [0.717, 1.165) is 6.42 Å². The molecular formula is C6H11O. The zero-order valence-corrected chi connectivity index (χ0v) is 4.68. The molecule has 0 amide bonds. The molecule has 0 rings (SSSR count). The first-order valence-corrected chi connectivity index (χ1v) is 2.52. The van der Waals surface area contributed by atoms with Crippen LogP contribution >= 0.6 is 0 Å². The van der Waals surface area contributed by atoms with Crippen molar-refractivity contribution in [1.82, 2.24) is 0 Å². The van der Waals surface area contributed by atoms with Gasteiger partial charge in [-0.1, -0.05) is 13.0 Å². The molecule has 0 aliphatic carbocycles. The second-order valence-corrected chi connectivity index (χ2v) is 1.71. The second kappa shape index (κ2) is 3.88. The van der Waals surface area contributed by atoms with Crippen LogP contribution in [-0.4, -0.2) is 6.61 Å². The van der Waals surface area contributed by atoms with E-state index >= 15 is 0 Å². The molecule has 0 aromatic rings. The van der Waals surface area contributed by atoms with Crippen molar-refractivity contribution in [2.75, 3.05) is 6.61 Å². The summed E-state index contributed by atoms with van der Waals surface area (Å²) in [6.07, 6.45) is 2.53. The highest BCUT2D eigenvalue weighted by molar-refractivity contribution is 4.73. The summed E-state index contributed by atoms with van der Waals surface area (Å²) in [5.41, 5.74) is 0. The molecule has 41 valence electrons. The van der Waals surface area contributed by atoms with Crippen LogP contribution < -0.4 is 0 Å². The molecular weight excluding hydrogens is 88.1 g/mol. The Morgan fingerprint density at radius 2 is 2.43 bits per heavy atom. The molecule has 1 heteroatoms. The van der Waals surface area contributed by atoms with E-state index in [1.807, 2.05) is 6.92 Å². The Bertz CT molecular complexity index is 50.1. The summed E-state index contributed by atoms with van der Waals surface area (Å²) in [7, 11) is 0. The van der Waals surface area contributed by atoms with Crippen molar-refractivity contribution in [3.8, 4) is 0 Å². The first-order chi connectivity index (χ1) is 3.31. The first kappa shape index (κ1) is 6.70. The van der Waals surface area contributed by atoms with E-state index < -0.39 is 0 Å². The zero-order valence-electron chi connectivity index (χ0n) is 4.68. The van der Waals surface area contributed by atoms with E-state index in [1.165, 1.54) is 0 Å². The highest BCUT2D eigenvalue weighted by atomic mass is 16.2. The number of hydrogen-bond donors (Lipinski definition) is 0. The van der Waals surface area contributed by atoms with Crippen LogP contribution in [0.15, 0.2) is 12.7 Å². The van der Waals surface area contributed by atoms with Crippen LogP contribution in [0.4, 0.5) is 0 Å². The van der Waals surface area contributed by atoms with Crippen molar-refractivity contribution in [3.05, 3.63) is 12.7 Å². The second-order valence-electron chi connectivity index (χ2n) is 1.71. The molecule has 0 saturated carbocycles. The van der Waals surface area contributed by atoms with Crippen molar-refractivity contribution >= 4 is 0 Å². The van der Waals surface area contributed by atoms with Crippen molar-refractivity contribution in [1.29, 1.82) is 0 Å². The van der Waals surface area contributed by atoms with Gasteiger partial charge in [0.2, 0.25) is 0 Å². The number of rotatable bonds is 3. The summed E-state index contributed by atoms with van der Waals surface area (Å²) in [4.78, 5) is 0. The maximum absolute atomic E-state index is 9.85. The Balaban J connectivity index is 2.98. The smallest absolute Gasteiger partial charge is 0.0827 e. The van der Waals surface area contributed by atoms with Gasteiger partial charge in [0.1, 0.15) is 0 Å². The van der Waals surface area contributed by atoms with Crippen LogP contribution in [0.25, 0.3) is 0 Å². The molecule has 0 spiro atoms. The lowest BCUT2D eigenvalue weighted by atomic mass is 10.1. The minimum absolute atomic E-state index is 0.0210. The highest BCUT2D eigenvalue weighted by Gasteiger charge is 1.91. The summed E-state index contributed by atoms with van der Waals surface area (Å²) < 4.78 is 0. The maximum Gasteiger partial charge on any atom is 0.0827 e. The summed E-state index contributed by atoms with van der Waals surface area (Å²) in [6, 6.07) is 0. The van der Waals surface area contributed by atoms with Gasteiger partial charge in [-0.15, -0.1) is 6.58 Å². The minimum Gasteiger partial charge on any atom is -0.237 e. The molecule has 0 saturated heterocycles. The van der Waals surface area contributed by atoms with Gasteiger partial charge in [0.05, 0.1) is 6.61 Å². The summed E-state index contributed by atoms with van der Waals surface area (Å²) >= 11 is 0. The van der Waals surface area contributed by atoms with Gasteiger partial charge in [0.15, 0.2) is 0 Å². The Morgan fingerprint density at radius 1 is 1.86 bits per heavy atom. The average molecular weight is 99.2 g/mol. The predicted octanol–water partition coefficient (Wildman–Crippen LogP) is 1.63. The predicted molar refractivity (Wildman–Crippen MR) is 29.5 cm³/mol. The summed E-state index contributed by atoms with van der Waals surface area (Å²) in [6.45, 7) is 5.55. The van der Waals surface area contributed by atoms with Crippen LogP contribution in [0.5, 0.6) is 0 Å². The largest absolute Gasteiger partial charge is 0.237 e. The van der Waals surface area contributed by atoms with Gasteiger partial charge in [-0.25, -0.2) is 5.11 Å². The molecule has 0 aliphatic rings. The van der Waals surface area contributed by atoms with Gasteiger partial charge < -0.3 is 0 Å². The monoisotopic (exact) mass is 99.1 g/mol. The van der Waals surface area contributed by atoms with Crippen LogP contribution in [0, 0.1) is 5.92 Å². The van der Waals surface area contributed by atoms with E-state index in [4.69, 9.17) is 0 Å². The minimum atomic E-state index is 0.0210. The molecule has 0 N–H and O–H groups in total. The fraction of sp³-hybridized carbons (Fsp3) is 0.667. The number of hydrogen-bond acceptors (Lipinski definition) is 0. The van der Waals surface area contributed by atoms with Crippen LogP contribution in [0.3, 0.4) is 0 Å². The average Bonchev–Trinajstić information content (AvgIpc) is 1.68. The number of allylic oxidation sites excluding steroid dienone is 1. The fourth-order valence-electron chi connectivity index (χ4n) is 0.304. The summed E-state index contributed by atoms with van der Waals surface area (Å²) in [5.74, 6) is 0.400. The van der Waals surface area contributed by atoms with Gasteiger partial charge in [0.25, 0.3) is 0 Å². The topological polar surface area (TPSA) is 19.9 Å². The summed E-state index contributed by atoms with van der Waals surface area (Å²) in [5, 5.41) is 9.85. The molecule has 1 nitrogen and oxygen atoms in total. The van der Waals surface area contributed by atoms with Crippen molar-refractivity contribution in [3.63, 3.8) is 0 Å². The fourth-order valence-corrected chi connectivity index (χ4v) is 0.304. The molecule has 1 unspecified atom stereocenters. The lowest BCUT2D eigenvalue weighted by molar-refractivity contribution is 0.180. The van der Waals surface area contributed by atoms with Gasteiger partial charge in [-0.05, 0) is 12.3 Å². The maximum atomic E-state index is 9.85. The van der Waals surface area contributed by atoms with Crippen molar-refractivity contribution in [2.24, 2.45) is 5.92 Å². The van der Waals surface area contributed by atoms with Crippen molar-refractivity contribution in [2.45, 2.75) is 13.3 Å². The lowest BCUT2D eigenvalue weighted by Gasteiger charge is -1.96. The Morgan fingerprint density at radius 3 is 2.57 bits per heavy atom. The lowest BCUT2D eigenvalue weighted by Crippen LogP contribution is -1.90. The van der Waals surface area contributed by atoms with Crippen molar-refractivity contribution < 1.29 is 5.11 Å². The third kappa shape index (κ3) is 3.53. The van der Waals surface area contributed by atoms with E-state index in [9.17, 15) is 5.11 Å². The Kier molecular flexibility index (Phi) is 3.71. The van der Waals surface area contributed by atoms with Gasteiger partial charge in [0, 0.05) is 0 Å². The third-order valence-corrected chi connectivity index (χ3v) is 0.976. The first-order valence-electron chi connectivity index (χ1n) is 2.52. The standard InChI is InChI=1S/C6H11O/c1-3-6(2)4-5-7/h3,6H,1,4-5H2,2H3. The molecule has 1 atom stereocenters. The van der Waals surface area contributed by atoms with Gasteiger partial charge in [-0.2, -0.15) is 0 Å². The molecule has 0 aliphatic heterocycles. The van der Waals surface area contributed by atoms with E-state index in [0.29, 0.717) is 5.92 Å². The SMILES string of the molecule is C=CC(C)CC[O]. The normalized spacial score (nSPS) is 13.4. The van der Waals surface area contributed by atoms with Gasteiger partial charge >= 0.3 is 0 Å². The molecule has 0 fully saturated rings. The van der Waals surface area contributed by atoms with Crippen LogP contribution in [0.1, 0.15) is 13.3 Å². The Hall–Kier alpha value is -0.300. The van der Waals surface area contributed by atoms with Crippen LogP contribution in [0.2, 0.25) is 0 Å². The third-order valence-electron chi connectivity index (χ3n) is 0.976. The zero-order chi connectivity index (χ0) is 5.70. The van der Waals surface area contributed by atoms with E-state index in [-0.39, 0.29) is 6.61 Å². The van der Waals surface area contributed by atoms with Crippen LogP contribution in [-0.2, 0) is 5.11 Å². The Labute approximate surface area is 44.7 Å². The quantitative estimate of drug-likeness (QED) is 0.479. The molecule has 1 radical (unpaired) electrons. The molecule has 0 heterocycles. The molecule has 0 bridgehead atoms. The molecule has 0 aromatic carbocycles. The highest BCUT2D eigenvalue weighted by Crippen LogP contribution is 1.99.